The van der Waals surface area contributed by atoms with Gasteiger partial charge in [-0.2, -0.15) is 0 Å². The van der Waals surface area contributed by atoms with Crippen LogP contribution in [0.1, 0.15) is 13.2 Å². The van der Waals surface area contributed by atoms with Gasteiger partial charge in [-0.3, -0.25) is 14.3 Å². The number of ether oxygens (including phenoxy) is 3. The average Bonchev–Trinajstić information content (AvgIpc) is 2.83. The fourth-order valence-electron chi connectivity index (χ4n) is 2.78. The van der Waals surface area contributed by atoms with Crippen LogP contribution in [0.3, 0.4) is 0 Å². The van der Waals surface area contributed by atoms with Crippen LogP contribution in [-0.2, 0) is 9.47 Å². The van der Waals surface area contributed by atoms with Crippen molar-refractivity contribution in [2.45, 2.75) is 31.0 Å². The zero-order chi connectivity index (χ0) is 18.7. The number of nitrogens with one attached hydrogen (secondary N) is 1. The Morgan fingerprint density at radius 3 is 2.77 bits per heavy atom. The number of H-pyrrole nitrogens is 1. The van der Waals surface area contributed by atoms with Crippen molar-refractivity contribution < 1.29 is 24.4 Å². The van der Waals surface area contributed by atoms with Crippen LogP contribution in [0.15, 0.2) is 47.4 Å². The lowest BCUT2D eigenvalue weighted by atomic mass is 9.96. The van der Waals surface area contributed by atoms with Gasteiger partial charge in [-0.15, -0.1) is 0 Å². The molecule has 0 radical (unpaired) electrons. The third kappa shape index (κ3) is 3.87. The summed E-state index contributed by atoms with van der Waals surface area (Å²) in [6.45, 7) is 1.43. The highest BCUT2D eigenvalue weighted by Crippen LogP contribution is 2.38. The summed E-state index contributed by atoms with van der Waals surface area (Å²) >= 11 is 5.10. The maximum absolute atomic E-state index is 11.3. The topological polar surface area (TPSA) is 106 Å². The molecule has 2 unspecified atom stereocenters. The van der Waals surface area contributed by atoms with Crippen LogP contribution in [0.2, 0.25) is 0 Å². The van der Waals surface area contributed by atoms with Gasteiger partial charge in [0.1, 0.15) is 23.6 Å². The maximum Gasteiger partial charge on any atom is 0.251 e. The van der Waals surface area contributed by atoms with Crippen molar-refractivity contribution >= 4 is 12.2 Å². The number of nitrogens with zero attached hydrogens (tertiary/aromatic N) is 1. The smallest absolute Gasteiger partial charge is 0.251 e. The van der Waals surface area contributed by atoms with Gasteiger partial charge in [0.15, 0.2) is 17.8 Å². The molecule has 3 rings (SSSR count). The van der Waals surface area contributed by atoms with Crippen LogP contribution < -0.4 is 10.3 Å². The molecule has 1 fully saturated rings. The summed E-state index contributed by atoms with van der Waals surface area (Å²) in [6, 6.07) is 10.4. The fraction of sp³-hybridized carbons (Fsp3) is 0.412. The molecule has 3 N–H and O–H groups in total. The first-order valence-electron chi connectivity index (χ1n) is 8.02. The Morgan fingerprint density at radius 1 is 1.35 bits per heavy atom. The van der Waals surface area contributed by atoms with E-state index in [-0.39, 0.29) is 23.7 Å². The lowest BCUT2D eigenvalue weighted by molar-refractivity contribution is -0.103. The van der Waals surface area contributed by atoms with E-state index in [1.807, 2.05) is 18.2 Å². The van der Waals surface area contributed by atoms with Gasteiger partial charge in [-0.1, -0.05) is 18.2 Å². The Kier molecular flexibility index (Phi) is 5.54. The first-order valence-corrected chi connectivity index (χ1v) is 8.43. The van der Waals surface area contributed by atoms with E-state index in [0.29, 0.717) is 5.75 Å². The second-order valence-corrected chi connectivity index (χ2v) is 6.55. The highest BCUT2D eigenvalue weighted by Gasteiger charge is 2.53. The number of aromatic amines is 1. The second-order valence-electron chi connectivity index (χ2n) is 6.16. The highest BCUT2D eigenvalue weighted by atomic mass is 32.1. The summed E-state index contributed by atoms with van der Waals surface area (Å²) in [7, 11) is 0. The molecule has 1 aliphatic heterocycles. The Balaban J connectivity index is 1.63. The lowest BCUT2D eigenvalue weighted by Crippen LogP contribution is -2.44. The van der Waals surface area contributed by atoms with E-state index in [4.69, 9.17) is 26.4 Å². The zero-order valence-electron chi connectivity index (χ0n) is 14.1. The number of benzene rings is 1. The van der Waals surface area contributed by atoms with E-state index < -0.39 is 24.0 Å². The number of aliphatic hydroxyl groups excluding tert-OH is 1. The Morgan fingerprint density at radius 2 is 2.08 bits per heavy atom. The van der Waals surface area contributed by atoms with E-state index in [1.165, 1.54) is 23.8 Å². The largest absolute Gasteiger partial charge is 0.468 e. The van der Waals surface area contributed by atoms with Crippen molar-refractivity contribution in [1.82, 2.24) is 9.55 Å². The van der Waals surface area contributed by atoms with Gasteiger partial charge in [0.05, 0.1) is 6.61 Å². The molecular weight excluding hydrogens is 360 g/mol. The highest BCUT2D eigenvalue weighted by molar-refractivity contribution is 7.71. The van der Waals surface area contributed by atoms with Gasteiger partial charge in [0.2, 0.25) is 0 Å². The molecule has 1 aromatic heterocycles. The minimum Gasteiger partial charge on any atom is -0.468 e. The number of aliphatic hydroxyl groups is 2. The molecule has 1 saturated heterocycles. The fourth-order valence-corrected chi connectivity index (χ4v) is 3.04. The molecule has 0 amide bonds. The Hall–Kier alpha value is -2.04. The second kappa shape index (κ2) is 7.68. The van der Waals surface area contributed by atoms with E-state index in [0.717, 1.165) is 0 Å². The standard InChI is InChI=1S/C17H20N2O6S/c1-17(22)14(21)12(9-23-10-24-11-5-3-2-4-6-11)25-15(17)19-8-7-13(20)18-16(19)26/h2-8,12,14-15,21-22H,9-10H2,1H3,(H,18,20,26)/t12?,14-,15+,17?/m0/s1. The Labute approximate surface area is 154 Å². The summed E-state index contributed by atoms with van der Waals surface area (Å²) in [5.74, 6) is 0.657. The molecule has 2 aromatic rings. The third-order valence-corrected chi connectivity index (χ3v) is 4.51. The number of para-hydroxylation sites is 1. The molecule has 2 heterocycles. The first-order chi connectivity index (χ1) is 12.4. The molecule has 0 saturated carbocycles. The molecule has 9 heteroatoms. The van der Waals surface area contributed by atoms with Gasteiger partial charge in [0.25, 0.3) is 5.56 Å². The lowest BCUT2D eigenvalue weighted by Gasteiger charge is -2.27. The van der Waals surface area contributed by atoms with Crippen molar-refractivity contribution in [1.29, 1.82) is 0 Å². The number of hydrogen-bond donors (Lipinski definition) is 3. The molecule has 8 nitrogen and oxygen atoms in total. The SMILES string of the molecule is CC1(O)[C@@H](O)C(COCOc2ccccc2)O[C@H]1n1ccc(=O)[nH]c1=S. The van der Waals surface area contributed by atoms with Crippen molar-refractivity contribution in [2.24, 2.45) is 0 Å². The predicted molar refractivity (Wildman–Crippen MR) is 94.3 cm³/mol. The monoisotopic (exact) mass is 380 g/mol. The number of hydrogen-bond acceptors (Lipinski definition) is 7. The molecule has 1 aliphatic rings. The van der Waals surface area contributed by atoms with Crippen molar-refractivity contribution in [3.05, 3.63) is 57.7 Å². The molecule has 140 valence electrons. The van der Waals surface area contributed by atoms with Gasteiger partial charge < -0.3 is 24.4 Å². The predicted octanol–water partition coefficient (Wildman–Crippen LogP) is 0.968. The van der Waals surface area contributed by atoms with Crippen molar-refractivity contribution in [2.75, 3.05) is 13.4 Å². The summed E-state index contributed by atoms with van der Waals surface area (Å²) in [5, 5.41) is 21.0. The Bertz CT molecular complexity index is 850. The molecule has 0 aliphatic carbocycles. The van der Waals surface area contributed by atoms with E-state index in [9.17, 15) is 15.0 Å². The van der Waals surface area contributed by atoms with Gasteiger partial charge in [-0.25, -0.2) is 0 Å². The quantitative estimate of drug-likeness (QED) is 0.389. The molecule has 1 aromatic carbocycles. The van der Waals surface area contributed by atoms with Gasteiger partial charge >= 0.3 is 0 Å². The van der Waals surface area contributed by atoms with Crippen LogP contribution in [0.5, 0.6) is 5.75 Å². The number of rotatable bonds is 6. The maximum atomic E-state index is 11.3. The zero-order valence-corrected chi connectivity index (χ0v) is 14.9. The van der Waals surface area contributed by atoms with Crippen LogP contribution in [0.25, 0.3) is 0 Å². The summed E-state index contributed by atoms with van der Waals surface area (Å²) in [4.78, 5) is 13.8. The average molecular weight is 380 g/mol. The third-order valence-electron chi connectivity index (χ3n) is 4.19. The molecule has 26 heavy (non-hydrogen) atoms. The normalized spacial score (nSPS) is 28.2. The van der Waals surface area contributed by atoms with Crippen LogP contribution in [0, 0.1) is 4.77 Å². The van der Waals surface area contributed by atoms with Crippen LogP contribution in [0.4, 0.5) is 0 Å². The first kappa shape index (κ1) is 18.7. The molecule has 4 atom stereocenters. The van der Waals surface area contributed by atoms with Crippen molar-refractivity contribution in [3.8, 4) is 5.75 Å². The number of aromatic nitrogens is 2. The van der Waals surface area contributed by atoms with E-state index >= 15 is 0 Å². The molecule has 0 bridgehead atoms. The molecule has 0 spiro atoms. The van der Waals surface area contributed by atoms with Gasteiger partial charge in [-0.05, 0) is 31.3 Å². The van der Waals surface area contributed by atoms with Crippen LogP contribution >= 0.6 is 12.2 Å². The summed E-state index contributed by atoms with van der Waals surface area (Å²) in [5.41, 5.74) is -1.98. The van der Waals surface area contributed by atoms with Crippen molar-refractivity contribution in [3.63, 3.8) is 0 Å². The molecular formula is C17H20N2O6S. The minimum atomic E-state index is -1.62. The summed E-state index contributed by atoms with van der Waals surface area (Å²) in [6.07, 6.45) is -1.55. The summed E-state index contributed by atoms with van der Waals surface area (Å²) < 4.78 is 18.0. The van der Waals surface area contributed by atoms with E-state index in [2.05, 4.69) is 4.98 Å². The van der Waals surface area contributed by atoms with Crippen LogP contribution in [-0.4, -0.2) is 51.0 Å². The van der Waals surface area contributed by atoms with E-state index in [1.54, 1.807) is 12.1 Å². The minimum absolute atomic E-state index is 0.0112. The van der Waals surface area contributed by atoms with Gasteiger partial charge in [0, 0.05) is 12.3 Å².